The Morgan fingerprint density at radius 2 is 1.62 bits per heavy atom. The maximum atomic E-state index is 12.5. The number of fused-ring (bicyclic) bond motifs is 3. The van der Waals surface area contributed by atoms with Crippen molar-refractivity contribution >= 4 is 21.4 Å². The first-order valence-corrected chi connectivity index (χ1v) is 9.53. The highest BCUT2D eigenvalue weighted by Crippen LogP contribution is 2.36. The molecule has 4 rings (SSSR count). The van der Waals surface area contributed by atoms with Crippen LogP contribution in [0.25, 0.3) is 22.6 Å². The van der Waals surface area contributed by atoms with Crippen molar-refractivity contribution in [2.24, 2.45) is 0 Å². The van der Waals surface area contributed by atoms with E-state index in [9.17, 15) is 8.42 Å². The Morgan fingerprint density at radius 1 is 0.917 bits per heavy atom. The molecule has 0 amide bonds. The van der Waals surface area contributed by atoms with Crippen LogP contribution in [0.1, 0.15) is 5.56 Å². The summed E-state index contributed by atoms with van der Waals surface area (Å²) in [4.78, 5) is 9.33. The molecule has 1 aliphatic rings. The van der Waals surface area contributed by atoms with Crippen LogP contribution < -0.4 is 0 Å². The van der Waals surface area contributed by atoms with Crippen LogP contribution in [-0.2, 0) is 16.3 Å². The highest BCUT2D eigenvalue weighted by atomic mass is 35.5. The first-order chi connectivity index (χ1) is 11.6. The Kier molecular flexibility index (Phi) is 3.62. The van der Waals surface area contributed by atoms with E-state index in [4.69, 9.17) is 11.6 Å². The molecule has 1 aliphatic heterocycles. The molecule has 3 aromatic rings. The van der Waals surface area contributed by atoms with Gasteiger partial charge in [0.1, 0.15) is 5.15 Å². The second-order valence-electron chi connectivity index (χ2n) is 5.60. The monoisotopic (exact) mass is 356 g/mol. The molecule has 0 aliphatic carbocycles. The highest BCUT2D eigenvalue weighted by molar-refractivity contribution is 7.91. The number of sulfone groups is 1. The summed E-state index contributed by atoms with van der Waals surface area (Å²) >= 11 is 6.38. The zero-order chi connectivity index (χ0) is 16.7. The van der Waals surface area contributed by atoms with Crippen molar-refractivity contribution in [1.29, 1.82) is 0 Å². The molecule has 0 bridgehead atoms. The van der Waals surface area contributed by atoms with E-state index in [-0.39, 0.29) is 5.75 Å². The molecule has 6 heteroatoms. The Hall–Kier alpha value is -2.24. The minimum Gasteiger partial charge on any atom is -0.228 e. The van der Waals surface area contributed by atoms with Crippen LogP contribution in [0.15, 0.2) is 59.5 Å². The number of aromatic nitrogens is 2. The van der Waals surface area contributed by atoms with Gasteiger partial charge in [0.05, 0.1) is 16.3 Å². The van der Waals surface area contributed by atoms with Crippen LogP contribution in [-0.4, -0.2) is 24.1 Å². The van der Waals surface area contributed by atoms with Gasteiger partial charge in [-0.05, 0) is 12.5 Å². The summed E-state index contributed by atoms with van der Waals surface area (Å²) in [7, 11) is -3.37. The molecule has 2 aromatic carbocycles. The molecule has 120 valence electrons. The summed E-state index contributed by atoms with van der Waals surface area (Å²) in [6.07, 6.45) is 0.306. The minimum absolute atomic E-state index is 0.00474. The molecule has 4 nitrogen and oxygen atoms in total. The minimum atomic E-state index is -3.37. The third-order valence-corrected chi connectivity index (χ3v) is 6.17. The number of nitrogens with zero attached hydrogens (tertiary/aromatic N) is 2. The Labute approximate surface area is 145 Å². The predicted octanol–water partition coefficient (Wildman–Crippen LogP) is 3.79. The first-order valence-electron chi connectivity index (χ1n) is 7.50. The standard InChI is InChI=1S/C18H13ClN2O2S/c19-17-14-10-11-24(22,23)15-9-5-4-8-13(15)16(14)20-18(21-17)12-6-2-1-3-7-12/h1-9H,10-11H2. The number of halogens is 1. The van der Waals surface area contributed by atoms with Crippen LogP contribution in [0, 0.1) is 0 Å². The van der Waals surface area contributed by atoms with Crippen LogP contribution >= 0.6 is 11.6 Å². The molecule has 1 aromatic heterocycles. The predicted molar refractivity (Wildman–Crippen MR) is 93.7 cm³/mol. The van der Waals surface area contributed by atoms with Gasteiger partial charge in [0.15, 0.2) is 15.7 Å². The lowest BCUT2D eigenvalue weighted by Crippen LogP contribution is -2.07. The van der Waals surface area contributed by atoms with Gasteiger partial charge in [0.25, 0.3) is 0 Å². The second kappa shape index (κ2) is 5.69. The van der Waals surface area contributed by atoms with E-state index in [0.717, 1.165) is 5.56 Å². The van der Waals surface area contributed by atoms with Gasteiger partial charge in [-0.3, -0.25) is 0 Å². The van der Waals surface area contributed by atoms with Crippen LogP contribution in [0.5, 0.6) is 0 Å². The van der Waals surface area contributed by atoms with E-state index in [2.05, 4.69) is 9.97 Å². The zero-order valence-corrected chi connectivity index (χ0v) is 14.2. The van der Waals surface area contributed by atoms with Crippen molar-refractivity contribution in [2.75, 3.05) is 5.75 Å². The van der Waals surface area contributed by atoms with Crippen LogP contribution in [0.3, 0.4) is 0 Å². The molecule has 0 saturated heterocycles. The lowest BCUT2D eigenvalue weighted by molar-refractivity contribution is 0.596. The summed E-state index contributed by atoms with van der Waals surface area (Å²) in [6.45, 7) is 0. The lowest BCUT2D eigenvalue weighted by Gasteiger charge is -2.11. The summed E-state index contributed by atoms with van der Waals surface area (Å²) in [5.41, 5.74) is 2.72. The summed E-state index contributed by atoms with van der Waals surface area (Å²) in [6, 6.07) is 16.4. The molecule has 0 unspecified atom stereocenters. The third kappa shape index (κ3) is 2.50. The molecule has 0 spiro atoms. The van der Waals surface area contributed by atoms with E-state index in [1.165, 1.54) is 0 Å². The second-order valence-corrected chi connectivity index (χ2v) is 8.03. The topological polar surface area (TPSA) is 59.9 Å². The average Bonchev–Trinajstić information content (AvgIpc) is 2.71. The van der Waals surface area contributed by atoms with Gasteiger partial charge in [-0.15, -0.1) is 0 Å². The molecule has 2 heterocycles. The average molecular weight is 357 g/mol. The van der Waals surface area contributed by atoms with E-state index in [1.807, 2.05) is 36.4 Å². The number of hydrogen-bond acceptors (Lipinski definition) is 4. The Balaban J connectivity index is 2.02. The largest absolute Gasteiger partial charge is 0.228 e. The van der Waals surface area contributed by atoms with Gasteiger partial charge in [-0.25, -0.2) is 18.4 Å². The third-order valence-electron chi connectivity index (χ3n) is 4.09. The SMILES string of the molecule is O=S1(=O)CCc2c(Cl)nc(-c3ccccc3)nc2-c2ccccc21. The van der Waals surface area contributed by atoms with Crippen LogP contribution in [0.4, 0.5) is 0 Å². The van der Waals surface area contributed by atoms with Gasteiger partial charge in [-0.2, -0.15) is 0 Å². The maximum absolute atomic E-state index is 12.5. The molecular weight excluding hydrogens is 344 g/mol. The van der Waals surface area contributed by atoms with Gasteiger partial charge < -0.3 is 0 Å². The van der Waals surface area contributed by atoms with Crippen molar-refractivity contribution in [3.05, 3.63) is 65.3 Å². The fraction of sp³-hybridized carbons (Fsp3) is 0.111. The van der Waals surface area contributed by atoms with Gasteiger partial charge in [0, 0.05) is 16.7 Å². The van der Waals surface area contributed by atoms with Gasteiger partial charge in [-0.1, -0.05) is 60.1 Å². The molecule has 0 saturated carbocycles. The number of rotatable bonds is 1. The Morgan fingerprint density at radius 3 is 2.42 bits per heavy atom. The highest BCUT2D eigenvalue weighted by Gasteiger charge is 2.28. The normalized spacial score (nSPS) is 15.2. The fourth-order valence-corrected chi connectivity index (χ4v) is 4.64. The molecule has 0 fully saturated rings. The van der Waals surface area contributed by atoms with Crippen LogP contribution in [0.2, 0.25) is 5.15 Å². The quantitative estimate of drug-likeness (QED) is 0.622. The summed E-state index contributed by atoms with van der Waals surface area (Å²) in [5, 5.41) is 0.311. The maximum Gasteiger partial charge on any atom is 0.179 e. The smallest absolute Gasteiger partial charge is 0.179 e. The molecule has 0 atom stereocenters. The van der Waals surface area contributed by atoms with Crippen molar-refractivity contribution < 1.29 is 8.42 Å². The molecule has 24 heavy (non-hydrogen) atoms. The first kappa shape index (κ1) is 15.3. The van der Waals surface area contributed by atoms with E-state index < -0.39 is 9.84 Å². The van der Waals surface area contributed by atoms with Crippen molar-refractivity contribution in [3.63, 3.8) is 0 Å². The lowest BCUT2D eigenvalue weighted by atomic mass is 10.0. The zero-order valence-electron chi connectivity index (χ0n) is 12.6. The molecular formula is C18H13ClN2O2S. The number of benzene rings is 2. The van der Waals surface area contributed by atoms with Crippen molar-refractivity contribution in [1.82, 2.24) is 9.97 Å². The van der Waals surface area contributed by atoms with Gasteiger partial charge in [0.2, 0.25) is 0 Å². The number of hydrogen-bond donors (Lipinski definition) is 0. The molecule has 0 N–H and O–H groups in total. The Bertz CT molecular complexity index is 1030. The fourth-order valence-electron chi connectivity index (χ4n) is 2.90. The summed E-state index contributed by atoms with van der Waals surface area (Å²) in [5.74, 6) is 0.499. The van der Waals surface area contributed by atoms with Crippen molar-refractivity contribution in [2.45, 2.75) is 11.3 Å². The molecule has 0 radical (unpaired) electrons. The van der Waals surface area contributed by atoms with E-state index >= 15 is 0 Å². The van der Waals surface area contributed by atoms with Gasteiger partial charge >= 0.3 is 0 Å². The van der Waals surface area contributed by atoms with Crippen molar-refractivity contribution in [3.8, 4) is 22.6 Å². The van der Waals surface area contributed by atoms with E-state index in [0.29, 0.717) is 39.1 Å². The van der Waals surface area contributed by atoms with E-state index in [1.54, 1.807) is 18.2 Å². The summed E-state index contributed by atoms with van der Waals surface area (Å²) < 4.78 is 25.1.